The van der Waals surface area contributed by atoms with Crippen LogP contribution in [0.4, 0.5) is 0 Å². The van der Waals surface area contributed by atoms with Gasteiger partial charge in [0.1, 0.15) is 0 Å². The highest BCUT2D eigenvalue weighted by Gasteiger charge is 2.17. The van der Waals surface area contributed by atoms with Crippen molar-refractivity contribution in [2.24, 2.45) is 0 Å². The molecule has 10 heavy (non-hydrogen) atoms. The van der Waals surface area contributed by atoms with Gasteiger partial charge >= 0.3 is 0 Å². The topological polar surface area (TPSA) is 3.24 Å². The summed E-state index contributed by atoms with van der Waals surface area (Å²) >= 11 is 4.44. The highest BCUT2D eigenvalue weighted by atomic mass is 32.1. The summed E-state index contributed by atoms with van der Waals surface area (Å²) < 4.78 is 0. The van der Waals surface area contributed by atoms with Crippen LogP contribution in [0, 0.1) is 0 Å². The molecule has 0 aromatic rings. The van der Waals surface area contributed by atoms with Gasteiger partial charge in [0.15, 0.2) is 0 Å². The van der Waals surface area contributed by atoms with E-state index >= 15 is 0 Å². The summed E-state index contributed by atoms with van der Waals surface area (Å²) in [4.78, 5) is 2.52. The van der Waals surface area contributed by atoms with Crippen molar-refractivity contribution < 1.29 is 0 Å². The van der Waals surface area contributed by atoms with Gasteiger partial charge in [-0.3, -0.25) is 0 Å². The molecule has 0 aromatic carbocycles. The molecule has 2 heteroatoms. The number of likely N-dealkylation sites (tertiary alicyclic amines) is 1. The van der Waals surface area contributed by atoms with Crippen molar-refractivity contribution >= 4 is 12.6 Å². The zero-order chi connectivity index (χ0) is 7.56. The second-order valence-corrected chi connectivity index (χ2v) is 4.09. The van der Waals surface area contributed by atoms with Gasteiger partial charge in [-0.2, -0.15) is 12.6 Å². The lowest BCUT2D eigenvalue weighted by molar-refractivity contribution is 0.188. The highest BCUT2D eigenvalue weighted by Crippen LogP contribution is 2.16. The van der Waals surface area contributed by atoms with E-state index in [0.29, 0.717) is 5.25 Å². The van der Waals surface area contributed by atoms with E-state index in [1.165, 1.54) is 25.9 Å². The summed E-state index contributed by atoms with van der Waals surface area (Å²) in [5.41, 5.74) is 0. The number of hydrogen-bond donors (Lipinski definition) is 1. The van der Waals surface area contributed by atoms with E-state index in [1.807, 2.05) is 0 Å². The molecule has 0 atom stereocenters. The van der Waals surface area contributed by atoms with Crippen LogP contribution in [0.1, 0.15) is 26.7 Å². The van der Waals surface area contributed by atoms with E-state index in [1.54, 1.807) is 0 Å². The van der Waals surface area contributed by atoms with Crippen molar-refractivity contribution in [3.05, 3.63) is 0 Å². The molecule has 60 valence electrons. The zero-order valence-electron chi connectivity index (χ0n) is 6.88. The molecule has 0 aliphatic carbocycles. The van der Waals surface area contributed by atoms with Gasteiger partial charge in [0.2, 0.25) is 0 Å². The fraction of sp³-hybridized carbons (Fsp3) is 1.00. The molecule has 1 aliphatic rings. The number of rotatable bonds is 1. The maximum absolute atomic E-state index is 4.44. The number of nitrogens with zero attached hydrogens (tertiary/aromatic N) is 1. The molecule has 0 amide bonds. The van der Waals surface area contributed by atoms with Crippen molar-refractivity contribution in [1.82, 2.24) is 4.90 Å². The minimum atomic E-state index is 0.662. The molecule has 0 saturated carbocycles. The first kappa shape index (κ1) is 8.41. The van der Waals surface area contributed by atoms with Gasteiger partial charge in [-0.1, -0.05) is 0 Å². The van der Waals surface area contributed by atoms with Crippen LogP contribution < -0.4 is 0 Å². The van der Waals surface area contributed by atoms with E-state index in [4.69, 9.17) is 0 Å². The van der Waals surface area contributed by atoms with Gasteiger partial charge < -0.3 is 4.90 Å². The standard InChI is InChI=1S/C8H17NS/c1-7(2)9-5-3-8(10)4-6-9/h7-8,10H,3-6H2,1-2H3. The minimum absolute atomic E-state index is 0.662. The van der Waals surface area contributed by atoms with E-state index in [9.17, 15) is 0 Å². The first-order valence-corrected chi connectivity index (χ1v) is 4.64. The molecule has 1 saturated heterocycles. The molecule has 1 rings (SSSR count). The van der Waals surface area contributed by atoms with Crippen molar-refractivity contribution in [3.8, 4) is 0 Å². The van der Waals surface area contributed by atoms with Crippen LogP contribution in [0.2, 0.25) is 0 Å². The second-order valence-electron chi connectivity index (χ2n) is 3.36. The number of hydrogen-bond acceptors (Lipinski definition) is 2. The van der Waals surface area contributed by atoms with E-state index in [-0.39, 0.29) is 0 Å². The zero-order valence-corrected chi connectivity index (χ0v) is 7.77. The third-order valence-electron chi connectivity index (χ3n) is 2.23. The normalized spacial score (nSPS) is 24.0. The Hall–Kier alpha value is 0.310. The van der Waals surface area contributed by atoms with Crippen LogP contribution in [-0.2, 0) is 0 Å². The molecule has 0 spiro atoms. The van der Waals surface area contributed by atoms with Gasteiger partial charge in [0, 0.05) is 11.3 Å². The lowest BCUT2D eigenvalue weighted by Gasteiger charge is -2.32. The monoisotopic (exact) mass is 159 g/mol. The van der Waals surface area contributed by atoms with Gasteiger partial charge in [0.05, 0.1) is 0 Å². The molecular formula is C8H17NS. The van der Waals surface area contributed by atoms with Crippen LogP contribution in [0.15, 0.2) is 0 Å². The molecule has 1 aliphatic heterocycles. The fourth-order valence-corrected chi connectivity index (χ4v) is 1.63. The van der Waals surface area contributed by atoms with E-state index in [0.717, 1.165) is 6.04 Å². The molecule has 0 aromatic heterocycles. The smallest absolute Gasteiger partial charge is 0.00411 e. The van der Waals surface area contributed by atoms with Gasteiger partial charge in [-0.25, -0.2) is 0 Å². The average molecular weight is 159 g/mol. The minimum Gasteiger partial charge on any atom is -0.301 e. The Balaban J connectivity index is 2.26. The van der Waals surface area contributed by atoms with Gasteiger partial charge in [0.25, 0.3) is 0 Å². The third-order valence-corrected chi connectivity index (χ3v) is 2.75. The average Bonchev–Trinajstić information content (AvgIpc) is 1.88. The summed E-state index contributed by atoms with van der Waals surface area (Å²) in [5, 5.41) is 0.662. The van der Waals surface area contributed by atoms with Crippen molar-refractivity contribution in [2.45, 2.75) is 38.0 Å². The summed E-state index contributed by atoms with van der Waals surface area (Å²) in [6, 6.07) is 0.723. The lowest BCUT2D eigenvalue weighted by Crippen LogP contribution is -2.38. The predicted molar refractivity (Wildman–Crippen MR) is 48.7 cm³/mol. The van der Waals surface area contributed by atoms with Crippen LogP contribution >= 0.6 is 12.6 Å². The predicted octanol–water partition coefficient (Wildman–Crippen LogP) is 1.79. The first-order chi connectivity index (χ1) is 4.70. The Bertz CT molecular complexity index is 95.4. The Labute approximate surface area is 69.2 Å². The van der Waals surface area contributed by atoms with Crippen LogP contribution in [0.5, 0.6) is 0 Å². The summed E-state index contributed by atoms with van der Waals surface area (Å²) in [6.07, 6.45) is 2.53. The van der Waals surface area contributed by atoms with Crippen molar-refractivity contribution in [3.63, 3.8) is 0 Å². The molecule has 1 fully saturated rings. The molecule has 0 radical (unpaired) electrons. The quantitative estimate of drug-likeness (QED) is 0.571. The van der Waals surface area contributed by atoms with Gasteiger partial charge in [-0.05, 0) is 39.8 Å². The number of thiol groups is 1. The molecule has 0 unspecified atom stereocenters. The van der Waals surface area contributed by atoms with Gasteiger partial charge in [-0.15, -0.1) is 0 Å². The third kappa shape index (κ3) is 2.17. The Morgan fingerprint density at radius 2 is 1.80 bits per heavy atom. The molecule has 1 heterocycles. The molecule has 0 N–H and O–H groups in total. The summed E-state index contributed by atoms with van der Waals surface area (Å²) in [6.45, 7) is 7.01. The van der Waals surface area contributed by atoms with Crippen LogP contribution in [0.25, 0.3) is 0 Å². The lowest BCUT2D eigenvalue weighted by atomic mass is 10.1. The maximum Gasteiger partial charge on any atom is 0.00411 e. The largest absolute Gasteiger partial charge is 0.301 e. The van der Waals surface area contributed by atoms with E-state index in [2.05, 4.69) is 31.4 Å². The Morgan fingerprint density at radius 3 is 2.20 bits per heavy atom. The first-order valence-electron chi connectivity index (χ1n) is 4.12. The summed E-state index contributed by atoms with van der Waals surface area (Å²) in [7, 11) is 0. The molecule has 1 nitrogen and oxygen atoms in total. The number of piperidine rings is 1. The maximum atomic E-state index is 4.44. The highest BCUT2D eigenvalue weighted by molar-refractivity contribution is 7.80. The SMILES string of the molecule is CC(C)N1CCC(S)CC1. The van der Waals surface area contributed by atoms with Crippen molar-refractivity contribution in [1.29, 1.82) is 0 Å². The van der Waals surface area contributed by atoms with Crippen LogP contribution in [-0.4, -0.2) is 29.3 Å². The Morgan fingerprint density at radius 1 is 1.30 bits per heavy atom. The van der Waals surface area contributed by atoms with Crippen molar-refractivity contribution in [2.75, 3.05) is 13.1 Å². The Kier molecular flexibility index (Phi) is 3.05. The fourth-order valence-electron chi connectivity index (χ4n) is 1.40. The molecular weight excluding hydrogens is 142 g/mol. The van der Waals surface area contributed by atoms with Crippen LogP contribution in [0.3, 0.4) is 0 Å². The summed E-state index contributed by atoms with van der Waals surface area (Å²) in [5.74, 6) is 0. The second kappa shape index (κ2) is 3.63. The van der Waals surface area contributed by atoms with E-state index < -0.39 is 0 Å². The molecule has 0 bridgehead atoms.